The molecule has 1 aromatic carbocycles. The average Bonchev–Trinajstić information content (AvgIpc) is 1.63. The number of rotatable bonds is 5. The monoisotopic (exact) mass is 1330 g/mol. The van der Waals surface area contributed by atoms with E-state index in [1.807, 2.05) is 0 Å². The first kappa shape index (κ1) is 69.4. The van der Waals surface area contributed by atoms with E-state index in [4.69, 9.17) is 66.3 Å². The van der Waals surface area contributed by atoms with Crippen LogP contribution in [0.4, 0.5) is 21.0 Å². The molecule has 21 N–H and O–H groups in total. The van der Waals surface area contributed by atoms with Crippen LogP contribution < -0.4 is 10.6 Å². The van der Waals surface area contributed by atoms with E-state index in [9.17, 15) is 107 Å². The summed E-state index contributed by atoms with van der Waals surface area (Å²) < 4.78 is 82.3. The summed E-state index contributed by atoms with van der Waals surface area (Å²) in [4.78, 5) is 27.3. The van der Waals surface area contributed by atoms with Crippen molar-refractivity contribution in [3.05, 3.63) is 24.3 Å². The van der Waals surface area contributed by atoms with Crippen molar-refractivity contribution in [1.82, 2.24) is 0 Å². The van der Waals surface area contributed by atoms with Gasteiger partial charge in [0.2, 0.25) is 0 Å². The number of ether oxygens (including phenoxy) is 14. The third-order valence-corrected chi connectivity index (χ3v) is 18.3. The molecule has 35 atom stereocenters. The van der Waals surface area contributed by atoms with Gasteiger partial charge in [0.05, 0.1) is 45.2 Å². The van der Waals surface area contributed by atoms with Gasteiger partial charge in [-0.3, -0.25) is 9.59 Å². The summed E-state index contributed by atoms with van der Waals surface area (Å²) in [5.41, 5.74) is 0.282. The molecule has 0 aromatic heterocycles. The highest BCUT2D eigenvalue weighted by atomic mass is 32.2. The summed E-state index contributed by atoms with van der Waals surface area (Å²) in [7, 11) is 0. The standard InChI is InChI=1S/C50H74N2O35S2/c53-5-14-35-21(58)28(65)42(74-14)82-36-15(6-54)77-45(31(68)24(36)61)86-40-19-10-88-49(72)51-12-1-3-13(4-2-12)52-50(73)89-11-20-41(26(63)33(70)47(79-20)84-38-17(8-56)75-43(81-35)29(66)22(38)59)87-46-32(69)25(62)37(16(7-55)78-46)83-44-30(67)23(60)39(18(9-57)76-44)85-48(80-19)34(71)27(40)64/h1-4,14-48,53-71H,5-11H2,(H,51,72)(H,52,73). The molecular formula is C50H74N2O35S2. The molecule has 0 aliphatic carbocycles. The molecular weight excluding hydrogens is 1250 g/mol. The molecule has 18 heterocycles. The number of hydrogen-bond acceptors (Lipinski definition) is 37. The smallest absolute Gasteiger partial charge is 0.283 e. The molecule has 35 unspecified atom stereocenters. The number of aliphatic hydroxyl groups is 19. The number of carbonyl (C=O) groups excluding carboxylic acids is 2. The van der Waals surface area contributed by atoms with Crippen molar-refractivity contribution in [2.45, 2.75) is 215 Å². The molecule has 0 spiro atoms. The number of thioether (sulfide) groups is 2. The van der Waals surface area contributed by atoms with Crippen molar-refractivity contribution < 1.29 is 173 Å². The number of fused-ring (bicyclic) bond motifs is 3. The number of carbonyl (C=O) groups is 2. The molecule has 16 bridgehead atoms. The van der Waals surface area contributed by atoms with Gasteiger partial charge in [-0.2, -0.15) is 0 Å². The minimum atomic E-state index is -2.26. The lowest BCUT2D eigenvalue weighted by Gasteiger charge is -2.50. The van der Waals surface area contributed by atoms with Crippen LogP contribution in [0.2, 0.25) is 0 Å². The van der Waals surface area contributed by atoms with Gasteiger partial charge >= 0.3 is 0 Å². The fraction of sp³-hybridized carbons (Fsp3) is 0.840. The summed E-state index contributed by atoms with van der Waals surface area (Å²) in [5.74, 6) is -1.10. The fourth-order valence-corrected chi connectivity index (χ4v) is 13.2. The summed E-state index contributed by atoms with van der Waals surface area (Å²) in [5, 5.41) is 219. The van der Waals surface area contributed by atoms with Gasteiger partial charge in [-0.15, -0.1) is 0 Å². The molecule has 18 aliphatic rings. The molecule has 1 aromatic rings. The minimum absolute atomic E-state index is 0.139. The van der Waals surface area contributed by atoms with Crippen LogP contribution >= 0.6 is 23.5 Å². The second-order valence-electron chi connectivity index (χ2n) is 22.3. The Morgan fingerprint density at radius 1 is 0.292 bits per heavy atom. The van der Waals surface area contributed by atoms with Crippen LogP contribution in [0, 0.1) is 0 Å². The molecule has 0 saturated carbocycles. The second-order valence-corrected chi connectivity index (χ2v) is 24.3. The maximum atomic E-state index is 13.6. The maximum Gasteiger partial charge on any atom is 0.283 e. The number of nitrogens with one attached hydrogen (secondary N) is 2. The molecule has 89 heavy (non-hydrogen) atoms. The lowest BCUT2D eigenvalue weighted by atomic mass is 9.95. The number of amides is 2. The summed E-state index contributed by atoms with van der Waals surface area (Å²) in [6.45, 7) is -5.35. The predicted octanol–water partition coefficient (Wildman–Crippen LogP) is -11.0. The van der Waals surface area contributed by atoms with Gasteiger partial charge < -0.3 is 174 Å². The van der Waals surface area contributed by atoms with Gasteiger partial charge in [-0.05, 0) is 24.3 Å². The van der Waals surface area contributed by atoms with Gasteiger partial charge in [0, 0.05) is 22.9 Å². The van der Waals surface area contributed by atoms with Crippen LogP contribution in [-0.4, -0.2) is 367 Å². The Hall–Kier alpha value is -2.46. The highest BCUT2D eigenvalue weighted by molar-refractivity contribution is 8.14. The highest BCUT2D eigenvalue weighted by Gasteiger charge is 2.60. The van der Waals surface area contributed by atoms with Gasteiger partial charge in [0.25, 0.3) is 10.5 Å². The van der Waals surface area contributed by atoms with E-state index in [0.29, 0.717) is 23.5 Å². The topological polar surface area (TPSA) is 572 Å². The first-order valence-electron chi connectivity index (χ1n) is 28.2. The molecule has 18 aliphatic heterocycles. The van der Waals surface area contributed by atoms with E-state index < -0.39 is 270 Å². The normalized spacial score (nSPS) is 50.6. The number of anilines is 2. The summed E-state index contributed by atoms with van der Waals surface area (Å²) in [6, 6.07) is 5.47. The molecule has 506 valence electrons. The van der Waals surface area contributed by atoms with Crippen LogP contribution in [0.5, 0.6) is 0 Å². The largest absolute Gasteiger partial charge is 0.394 e. The van der Waals surface area contributed by atoms with E-state index in [1.54, 1.807) is 0 Å². The molecule has 0 radical (unpaired) electrons. The van der Waals surface area contributed by atoms with Crippen LogP contribution in [0.1, 0.15) is 0 Å². The van der Waals surface area contributed by atoms with Crippen molar-refractivity contribution in [2.75, 3.05) is 55.2 Å². The Balaban J connectivity index is 1.03. The summed E-state index contributed by atoms with van der Waals surface area (Å²) >= 11 is 0.966. The Morgan fingerprint density at radius 2 is 0.483 bits per heavy atom. The first-order chi connectivity index (χ1) is 42.5. The lowest BCUT2D eigenvalue weighted by Crippen LogP contribution is -2.68. The Bertz CT molecular complexity index is 2460. The van der Waals surface area contributed by atoms with Crippen molar-refractivity contribution in [3.63, 3.8) is 0 Å². The second kappa shape index (κ2) is 29.7. The van der Waals surface area contributed by atoms with Crippen LogP contribution in [0.15, 0.2) is 24.3 Å². The zero-order valence-electron chi connectivity index (χ0n) is 46.3. The van der Waals surface area contributed by atoms with Gasteiger partial charge in [0.15, 0.2) is 44.0 Å². The lowest BCUT2D eigenvalue weighted by molar-refractivity contribution is -0.395. The third kappa shape index (κ3) is 14.4. The van der Waals surface area contributed by atoms with E-state index in [-0.39, 0.29) is 11.4 Å². The molecule has 2 amide bonds. The predicted molar refractivity (Wildman–Crippen MR) is 284 cm³/mol. The molecule has 7 saturated heterocycles. The van der Waals surface area contributed by atoms with E-state index in [1.165, 1.54) is 24.3 Å². The summed E-state index contributed by atoms with van der Waals surface area (Å²) in [6.07, 6.45) is -71.4. The molecule has 7 fully saturated rings. The van der Waals surface area contributed by atoms with Crippen molar-refractivity contribution in [3.8, 4) is 0 Å². The minimum Gasteiger partial charge on any atom is -0.394 e. The van der Waals surface area contributed by atoms with Gasteiger partial charge in [-0.25, -0.2) is 0 Å². The van der Waals surface area contributed by atoms with Gasteiger partial charge in [0.1, 0.15) is 159 Å². The van der Waals surface area contributed by atoms with Crippen molar-refractivity contribution in [2.24, 2.45) is 0 Å². The first-order valence-corrected chi connectivity index (χ1v) is 30.2. The maximum absolute atomic E-state index is 13.6. The Morgan fingerprint density at radius 3 is 0.697 bits per heavy atom. The zero-order chi connectivity index (χ0) is 64.0. The zero-order valence-corrected chi connectivity index (χ0v) is 47.9. The van der Waals surface area contributed by atoms with E-state index in [2.05, 4.69) is 10.6 Å². The number of benzene rings is 1. The van der Waals surface area contributed by atoms with E-state index in [0.717, 1.165) is 0 Å². The molecule has 19 rings (SSSR count). The van der Waals surface area contributed by atoms with Crippen molar-refractivity contribution in [1.29, 1.82) is 0 Å². The van der Waals surface area contributed by atoms with Crippen LogP contribution in [0.3, 0.4) is 0 Å². The third-order valence-electron chi connectivity index (χ3n) is 16.6. The van der Waals surface area contributed by atoms with Crippen LogP contribution in [0.25, 0.3) is 0 Å². The highest BCUT2D eigenvalue weighted by Crippen LogP contribution is 2.40. The fourth-order valence-electron chi connectivity index (χ4n) is 11.7. The SMILES string of the molecule is O=C1Nc2ccc(cc2)NC(=O)SCC2OC3OC4C(CO)OC(OC5C(CO)OC(OC6C(CO)OC(OC7C(CS1)OC(OC1C(CO)OC(OC8C(CO)OC(OC2C(O)C3O)C(O)C8O)C(O)C1O)C(O)C7O)C(O)C6O)C(O)C5O)C(O)C4O. The Labute approximate surface area is 511 Å². The molecule has 39 heteroatoms. The van der Waals surface area contributed by atoms with Crippen LogP contribution in [-0.2, 0) is 66.3 Å². The van der Waals surface area contributed by atoms with Crippen molar-refractivity contribution >= 4 is 45.4 Å². The number of hydrogen-bond donors (Lipinski definition) is 21. The Kier molecular flexibility index (Phi) is 23.1. The molecule has 37 nitrogen and oxygen atoms in total. The number of aliphatic hydroxyl groups excluding tert-OH is 19. The average molecular weight is 1330 g/mol. The quantitative estimate of drug-likeness (QED) is 0.130. The van der Waals surface area contributed by atoms with E-state index >= 15 is 0 Å². The van der Waals surface area contributed by atoms with Gasteiger partial charge in [-0.1, -0.05) is 23.5 Å².